The standard InChI is InChI=1S/C68H95IN8O13.C11H23N2O3.HI.U/c1-7-51-21-16-17-22-52(51)30-31-53-23-18-19-27-56(53)69-59(78)32-33-60(79)70-35-39-87-42-44-89-46-45-88-43-41-86-38-34-61(80)73-68(67(84)72-63(49(4)5)66(83)71-50(6)65(82)54-24-12-10-13-25-54)47-55(68)26-20-36-76(8-2)62(81)48-90-58-29-15-11-14-28-57-64(58)74-75-77(57)37-40-85-9-3;1-4-15-9-10-16-8-5-11(14)12-6-7-13(2)3;;/h10,12-13,16-19,21-25,27,30-31,49-50,55,58,63H,3,7-9,11,14-15,20,26,28-29,32-48H2,1-2,4-6H3,(H,70,79)(H,71,83)(H,72,84)(H,73,80);1,4-10H2,2-3H3,(H,12,14);1H;/q-2;-1;;+2/b31-30-;;;/t50-,55?,58?,63-,68?;;;/m0.../s1. The molecule has 1 fully saturated rings. The number of carbonyl (C=O) groups excluding carboxylic acids is 8. The van der Waals surface area contributed by atoms with Crippen molar-refractivity contribution in [2.24, 2.45) is 11.8 Å². The van der Waals surface area contributed by atoms with Crippen LogP contribution >= 0.6 is 0 Å². The molecule has 6 amide bonds. The number of nitrogens with one attached hydrogen (secondary N) is 6. The minimum atomic E-state index is -1.31. The minimum Gasteiger partial charge on any atom is -1.00 e. The normalized spacial score (nSPS) is 15.8. The zero-order valence-electron chi connectivity index (χ0n) is 64.6. The van der Waals surface area contributed by atoms with Gasteiger partial charge in [-0.2, -0.15) is 0 Å². The van der Waals surface area contributed by atoms with E-state index in [1.807, 2.05) is 48.0 Å². The van der Waals surface area contributed by atoms with Crippen molar-refractivity contribution in [3.8, 4) is 0 Å². The third-order valence-electron chi connectivity index (χ3n) is 17.8. The average Bonchev–Trinajstić information content (AvgIpc) is 1.58. The predicted octanol–water partition coefficient (Wildman–Crippen LogP) is -0.585. The van der Waals surface area contributed by atoms with E-state index in [4.69, 9.17) is 37.9 Å². The Morgan fingerprint density at radius 2 is 1.28 bits per heavy atom. The van der Waals surface area contributed by atoms with E-state index in [-0.39, 0.29) is 146 Å². The number of hydrogen-bond acceptors (Lipinski definition) is 18. The number of halogens is 2. The molecule has 2 aliphatic rings. The maximum absolute atomic E-state index is 14.4. The average molecular weight is 1960 g/mol. The molecule has 0 radical (unpaired) electrons. The number of Topliss-reactive ketones (excluding diaryl/α,β-unsaturated/α-hetero) is 1. The van der Waals surface area contributed by atoms with Crippen molar-refractivity contribution >= 4 is 57.2 Å². The number of fused-ring (bicyclic) bond motifs is 1. The summed E-state index contributed by atoms with van der Waals surface area (Å²) in [6, 6.07) is 23.0. The second-order valence-corrected chi connectivity index (χ2v) is 29.4. The first-order valence-electron chi connectivity index (χ1n) is 37.6. The van der Waals surface area contributed by atoms with Crippen molar-refractivity contribution in [3.05, 3.63) is 130 Å². The number of amides is 6. The summed E-state index contributed by atoms with van der Waals surface area (Å²) in [5, 5.41) is 23.2. The van der Waals surface area contributed by atoms with Gasteiger partial charge < -0.3 is 97.3 Å². The molecular weight excluding hydrogens is 1840 g/mol. The number of aromatic nitrogens is 3. The van der Waals surface area contributed by atoms with Crippen LogP contribution in [-0.4, -0.2) is 228 Å². The van der Waals surface area contributed by atoms with E-state index in [1.165, 1.54) is 10.5 Å². The molecule has 2 aliphatic carbocycles. The third kappa shape index (κ3) is 37.5. The van der Waals surface area contributed by atoms with Gasteiger partial charge in [-0.05, 0) is 64.2 Å². The largest absolute Gasteiger partial charge is 2.00 e. The van der Waals surface area contributed by atoms with Crippen LogP contribution in [0.25, 0.3) is 12.2 Å². The number of carbonyl (C=O) groups is 8. The minimum absolute atomic E-state index is 0. The van der Waals surface area contributed by atoms with Crippen molar-refractivity contribution in [3.63, 3.8) is 0 Å². The van der Waals surface area contributed by atoms with Crippen LogP contribution in [0.4, 0.5) is 0 Å². The van der Waals surface area contributed by atoms with E-state index < -0.39 is 56.5 Å². The van der Waals surface area contributed by atoms with Gasteiger partial charge in [0.15, 0.2) is 5.78 Å². The van der Waals surface area contributed by atoms with E-state index in [0.29, 0.717) is 137 Å². The number of aryl methyl sites for hydroxylation is 1. The smallest absolute Gasteiger partial charge is 1.00 e. The van der Waals surface area contributed by atoms with Crippen LogP contribution in [0.5, 0.6) is 0 Å². The van der Waals surface area contributed by atoms with Gasteiger partial charge in [-0.25, -0.2) is 4.68 Å². The molecule has 29 heteroatoms. The molecule has 5 atom stereocenters. The summed E-state index contributed by atoms with van der Waals surface area (Å²) in [5.41, 5.74) is 4.38. The topological polar surface area (TPSA) is 309 Å². The summed E-state index contributed by atoms with van der Waals surface area (Å²) < 4.78 is 47.5. The van der Waals surface area contributed by atoms with Gasteiger partial charge in [0.25, 0.3) is 0 Å². The molecule has 6 N–H and O–H groups in total. The number of ketones is 1. The van der Waals surface area contributed by atoms with E-state index in [0.717, 1.165) is 71.2 Å². The van der Waals surface area contributed by atoms with Gasteiger partial charge in [-0.1, -0.05) is 75.4 Å². The number of benzene rings is 3. The second kappa shape index (κ2) is 57.0. The van der Waals surface area contributed by atoms with Crippen molar-refractivity contribution in [1.82, 2.24) is 46.5 Å². The molecule has 108 heavy (non-hydrogen) atoms. The fraction of sp³-hybridized carbons (Fsp3) is 0.595. The van der Waals surface area contributed by atoms with Crippen molar-refractivity contribution in [1.29, 1.82) is 0 Å². The van der Waals surface area contributed by atoms with Gasteiger partial charge in [0.1, 0.15) is 30.0 Å². The van der Waals surface area contributed by atoms with Crippen LogP contribution in [0, 0.1) is 60.4 Å². The Morgan fingerprint density at radius 1 is 0.685 bits per heavy atom. The second-order valence-electron chi connectivity index (χ2n) is 26.5. The molecule has 600 valence electrons. The SMILES string of the molecule is [CH2-]COCCOCCC(=O)NCC[NH+](C)C.[CH2-]COCCn1nnc2c1CCCCCC2OCC(=O)N(CC)CCCC1CC1(NC(=O)CCOCCOCCOCCOCCNC(=O)CCC(=O)[I-]c1ccccc1/C=C\c1ccccc1CC)C(=O)N[C@H](C(=O)N[C@@H](C)C(=O)c1ccccc1)C(C)C.[I-].[U+2]. The van der Waals surface area contributed by atoms with Crippen molar-refractivity contribution < 1.29 is 157 Å². The molecule has 1 aromatic heterocycles. The summed E-state index contributed by atoms with van der Waals surface area (Å²) in [5.74, 6) is -2.65. The van der Waals surface area contributed by atoms with Gasteiger partial charge in [0.05, 0.1) is 98.3 Å². The molecule has 6 rings (SSSR count). The van der Waals surface area contributed by atoms with E-state index in [2.05, 4.69) is 96.0 Å². The van der Waals surface area contributed by atoms with E-state index in [1.54, 1.807) is 56.0 Å². The molecule has 0 saturated heterocycles. The van der Waals surface area contributed by atoms with Gasteiger partial charge in [-0.15, -0.1) is 5.10 Å². The van der Waals surface area contributed by atoms with Gasteiger partial charge in [0, 0.05) is 31.5 Å². The Bertz CT molecular complexity index is 3300. The predicted molar refractivity (Wildman–Crippen MR) is 400 cm³/mol. The van der Waals surface area contributed by atoms with Crippen LogP contribution in [0.1, 0.15) is 150 Å². The Morgan fingerprint density at radius 3 is 1.94 bits per heavy atom. The number of rotatable bonds is 53. The molecular formula is C79H119I2N10O16U-. The van der Waals surface area contributed by atoms with E-state index >= 15 is 0 Å². The monoisotopic (exact) mass is 1960 g/mol. The Hall–Kier alpha value is -5.15. The fourth-order valence-electron chi connectivity index (χ4n) is 11.7. The number of hydrogen-bond donors (Lipinski definition) is 6. The summed E-state index contributed by atoms with van der Waals surface area (Å²) in [6.45, 7) is 24.7. The van der Waals surface area contributed by atoms with Crippen LogP contribution in [-0.2, 0) is 90.8 Å². The fourth-order valence-corrected chi connectivity index (χ4v) is 14.0. The molecule has 26 nitrogen and oxygen atoms in total. The molecule has 4 aromatic rings. The maximum atomic E-state index is 14.4. The van der Waals surface area contributed by atoms with Gasteiger partial charge >= 0.3 is 226 Å². The Kier molecular flexibility index (Phi) is 51.2. The van der Waals surface area contributed by atoms with E-state index in [9.17, 15) is 38.4 Å². The van der Waals surface area contributed by atoms with Crippen molar-refractivity contribution in [2.75, 3.05) is 146 Å². The molecule has 0 spiro atoms. The maximum Gasteiger partial charge on any atom is 2.00 e. The van der Waals surface area contributed by atoms with Gasteiger partial charge in [-0.3, -0.25) is 28.8 Å². The summed E-state index contributed by atoms with van der Waals surface area (Å²) in [7, 11) is 4.11. The van der Waals surface area contributed by atoms with Crippen LogP contribution < -0.4 is 76.7 Å². The first-order valence-corrected chi connectivity index (χ1v) is 39.8. The quantitative estimate of drug-likeness (QED) is 0.00804. The summed E-state index contributed by atoms with van der Waals surface area (Å²) in [4.78, 5) is 108. The first kappa shape index (κ1) is 97.1. The first-order chi connectivity index (χ1) is 51.3. The zero-order chi connectivity index (χ0) is 76.7. The zero-order valence-corrected chi connectivity index (χ0v) is 73.1. The molecule has 3 unspecified atom stereocenters. The molecule has 1 heterocycles. The van der Waals surface area contributed by atoms with Crippen LogP contribution in [0.2, 0.25) is 0 Å². The van der Waals surface area contributed by atoms with Crippen LogP contribution in [0.3, 0.4) is 0 Å². The number of likely N-dealkylation sites (N-methyl/N-ethyl adjacent to an activating group) is 2. The summed E-state index contributed by atoms with van der Waals surface area (Å²) in [6.07, 6.45) is 11.4. The summed E-state index contributed by atoms with van der Waals surface area (Å²) >= 11 is -0.924. The molecule has 0 aliphatic heterocycles. The molecule has 3 aromatic carbocycles. The van der Waals surface area contributed by atoms with Gasteiger partial charge in [0.2, 0.25) is 29.5 Å². The Labute approximate surface area is 691 Å². The number of quaternary nitrogens is 1. The van der Waals surface area contributed by atoms with Crippen LogP contribution in [0.15, 0.2) is 78.9 Å². The number of ether oxygens (including phenoxy) is 8. The molecule has 0 bridgehead atoms. The van der Waals surface area contributed by atoms with Crippen molar-refractivity contribution in [2.45, 2.75) is 148 Å². The molecule has 1 saturated carbocycles. The number of nitrogens with zero attached hydrogens (tertiary/aromatic N) is 4. The Balaban J connectivity index is 0.00000150. The third-order valence-corrected chi connectivity index (χ3v) is 20.5.